The van der Waals surface area contributed by atoms with Crippen molar-refractivity contribution in [2.75, 3.05) is 0 Å². The number of aryl methyl sites for hydroxylation is 2. The number of hydrogen-bond acceptors (Lipinski definition) is 3. The van der Waals surface area contributed by atoms with Crippen molar-refractivity contribution in [2.24, 2.45) is 7.05 Å². The first-order valence-electron chi connectivity index (χ1n) is 10.3. The van der Waals surface area contributed by atoms with Gasteiger partial charge in [-0.1, -0.05) is 65.7 Å². The van der Waals surface area contributed by atoms with Crippen LogP contribution in [0.25, 0.3) is 22.6 Å². The monoisotopic (exact) mass is 440 g/mol. The van der Waals surface area contributed by atoms with Crippen LogP contribution in [0.3, 0.4) is 0 Å². The van der Waals surface area contributed by atoms with Crippen molar-refractivity contribution in [1.29, 1.82) is 0 Å². The van der Waals surface area contributed by atoms with Gasteiger partial charge in [0.1, 0.15) is 17.2 Å². The minimum atomic E-state index is 0.0374. The zero-order valence-electron chi connectivity index (χ0n) is 18.0. The molecule has 1 aliphatic rings. The SMILES string of the molecule is CC(=O)c1ccc(/C(=C2/Oc3ccc(Cl)cc3-c3nn(C)cc32)c2ccc(C)cc2)cc1. The van der Waals surface area contributed by atoms with E-state index in [2.05, 4.69) is 31.2 Å². The molecule has 32 heavy (non-hydrogen) atoms. The molecule has 158 valence electrons. The zero-order valence-corrected chi connectivity index (χ0v) is 18.8. The van der Waals surface area contributed by atoms with Gasteiger partial charge in [0.2, 0.25) is 0 Å². The maximum atomic E-state index is 11.8. The lowest BCUT2D eigenvalue weighted by Crippen LogP contribution is -2.07. The Morgan fingerprint density at radius 2 is 1.53 bits per heavy atom. The van der Waals surface area contributed by atoms with E-state index in [4.69, 9.17) is 21.4 Å². The molecule has 4 nitrogen and oxygen atoms in total. The van der Waals surface area contributed by atoms with Crippen LogP contribution in [0.15, 0.2) is 72.9 Å². The van der Waals surface area contributed by atoms with E-state index >= 15 is 0 Å². The highest BCUT2D eigenvalue weighted by molar-refractivity contribution is 6.31. The molecule has 0 amide bonds. The molecule has 0 bridgehead atoms. The Labute approximate surface area is 191 Å². The lowest BCUT2D eigenvalue weighted by Gasteiger charge is -2.23. The highest BCUT2D eigenvalue weighted by Crippen LogP contribution is 2.45. The van der Waals surface area contributed by atoms with Crippen LogP contribution in [0.1, 0.15) is 39.5 Å². The van der Waals surface area contributed by atoms with Gasteiger partial charge < -0.3 is 4.74 Å². The summed E-state index contributed by atoms with van der Waals surface area (Å²) in [5, 5.41) is 5.34. The van der Waals surface area contributed by atoms with E-state index in [0.717, 1.165) is 39.3 Å². The molecule has 0 N–H and O–H groups in total. The minimum absolute atomic E-state index is 0.0374. The van der Waals surface area contributed by atoms with E-state index in [1.54, 1.807) is 11.6 Å². The fraction of sp³-hybridized carbons (Fsp3) is 0.111. The van der Waals surface area contributed by atoms with E-state index in [0.29, 0.717) is 16.3 Å². The molecule has 0 aliphatic carbocycles. The van der Waals surface area contributed by atoms with Crippen molar-refractivity contribution < 1.29 is 9.53 Å². The van der Waals surface area contributed by atoms with Gasteiger partial charge in [-0.3, -0.25) is 9.48 Å². The summed E-state index contributed by atoms with van der Waals surface area (Å²) in [7, 11) is 1.90. The van der Waals surface area contributed by atoms with Crippen LogP contribution in [0.2, 0.25) is 5.02 Å². The van der Waals surface area contributed by atoms with Crippen LogP contribution < -0.4 is 4.74 Å². The van der Waals surface area contributed by atoms with Gasteiger partial charge in [0.25, 0.3) is 0 Å². The van der Waals surface area contributed by atoms with Crippen LogP contribution in [0.4, 0.5) is 0 Å². The van der Waals surface area contributed by atoms with Gasteiger partial charge in [0, 0.05) is 35.0 Å². The molecular weight excluding hydrogens is 420 g/mol. The predicted octanol–water partition coefficient (Wildman–Crippen LogP) is 6.56. The molecular formula is C27H21ClN2O2. The van der Waals surface area contributed by atoms with Gasteiger partial charge in [-0.05, 0) is 43.2 Å². The van der Waals surface area contributed by atoms with E-state index in [-0.39, 0.29) is 5.78 Å². The summed E-state index contributed by atoms with van der Waals surface area (Å²) in [5.41, 5.74) is 7.37. The third-order valence-corrected chi connectivity index (χ3v) is 5.86. The summed E-state index contributed by atoms with van der Waals surface area (Å²) in [6, 6.07) is 21.6. The van der Waals surface area contributed by atoms with E-state index in [1.165, 1.54) is 5.56 Å². The topological polar surface area (TPSA) is 44.1 Å². The molecule has 0 spiro atoms. The lowest BCUT2D eigenvalue weighted by molar-refractivity contribution is 0.101. The first kappa shape index (κ1) is 20.3. The standard InChI is InChI=1S/C27H21ClN2O2/c1-16-4-6-19(7-5-16)25(20-10-8-18(9-11-20)17(2)31)27-23-15-30(3)29-26(23)22-14-21(28)12-13-24(22)32-27/h4-15H,1-3H3/b27-25+. The third kappa shape index (κ3) is 3.53. The molecule has 0 radical (unpaired) electrons. The smallest absolute Gasteiger partial charge is 0.159 e. The van der Waals surface area contributed by atoms with Crippen LogP contribution in [-0.4, -0.2) is 15.6 Å². The van der Waals surface area contributed by atoms with Gasteiger partial charge in [-0.2, -0.15) is 5.10 Å². The number of benzene rings is 3. The zero-order chi connectivity index (χ0) is 22.4. The first-order chi connectivity index (χ1) is 15.4. The molecule has 3 aromatic carbocycles. The largest absolute Gasteiger partial charge is 0.455 e. The van der Waals surface area contributed by atoms with E-state index in [9.17, 15) is 4.79 Å². The summed E-state index contributed by atoms with van der Waals surface area (Å²) in [5.74, 6) is 1.47. The number of carbonyl (C=O) groups is 1. The maximum Gasteiger partial charge on any atom is 0.159 e. The van der Waals surface area contributed by atoms with Crippen molar-refractivity contribution in [3.8, 4) is 17.0 Å². The Hall–Kier alpha value is -3.63. The average molecular weight is 441 g/mol. The van der Waals surface area contributed by atoms with Gasteiger partial charge in [0.15, 0.2) is 5.78 Å². The fourth-order valence-corrected chi connectivity index (χ4v) is 4.17. The first-order valence-corrected chi connectivity index (χ1v) is 10.7. The molecule has 0 saturated heterocycles. The summed E-state index contributed by atoms with van der Waals surface area (Å²) >= 11 is 6.27. The fourth-order valence-electron chi connectivity index (χ4n) is 4.00. The number of nitrogens with zero attached hydrogens (tertiary/aromatic N) is 2. The number of aromatic nitrogens is 2. The van der Waals surface area contributed by atoms with Crippen molar-refractivity contribution in [3.63, 3.8) is 0 Å². The second-order valence-corrected chi connectivity index (χ2v) is 8.45. The molecule has 1 aromatic heterocycles. The molecule has 5 heteroatoms. The van der Waals surface area contributed by atoms with E-state index < -0.39 is 0 Å². The highest BCUT2D eigenvalue weighted by atomic mass is 35.5. The summed E-state index contributed by atoms with van der Waals surface area (Å²) < 4.78 is 8.29. The molecule has 0 unspecified atom stereocenters. The molecule has 1 aliphatic heterocycles. The van der Waals surface area contributed by atoms with Crippen LogP contribution in [0.5, 0.6) is 5.75 Å². The number of halogens is 1. The van der Waals surface area contributed by atoms with Crippen molar-refractivity contribution in [2.45, 2.75) is 13.8 Å². The Morgan fingerprint density at radius 3 is 2.19 bits per heavy atom. The number of ether oxygens (including phenoxy) is 1. The number of fused-ring (bicyclic) bond motifs is 3. The average Bonchev–Trinajstić information content (AvgIpc) is 3.18. The number of hydrogen-bond donors (Lipinski definition) is 0. The number of ketones is 1. The van der Waals surface area contributed by atoms with Gasteiger partial charge in [-0.25, -0.2) is 0 Å². The van der Waals surface area contributed by atoms with Crippen molar-refractivity contribution >= 4 is 28.7 Å². The highest BCUT2D eigenvalue weighted by Gasteiger charge is 2.29. The number of Topliss-reactive ketones (excluding diaryl/α,β-unsaturated/α-hetero) is 1. The Balaban J connectivity index is 1.80. The van der Waals surface area contributed by atoms with Gasteiger partial charge in [0.05, 0.1) is 5.56 Å². The second kappa shape index (κ2) is 7.81. The van der Waals surface area contributed by atoms with Gasteiger partial charge >= 0.3 is 0 Å². The Kier molecular flexibility index (Phi) is 4.95. The second-order valence-electron chi connectivity index (χ2n) is 8.01. The molecule has 4 aromatic rings. The minimum Gasteiger partial charge on any atom is -0.455 e. The quantitative estimate of drug-likeness (QED) is 0.339. The van der Waals surface area contributed by atoms with Crippen LogP contribution in [-0.2, 0) is 7.05 Å². The molecule has 0 atom stereocenters. The maximum absolute atomic E-state index is 11.8. The molecule has 0 fully saturated rings. The third-order valence-electron chi connectivity index (χ3n) is 5.63. The van der Waals surface area contributed by atoms with Crippen molar-refractivity contribution in [3.05, 3.63) is 106 Å². The summed E-state index contributed by atoms with van der Waals surface area (Å²) in [4.78, 5) is 11.8. The summed E-state index contributed by atoms with van der Waals surface area (Å²) in [6.45, 7) is 3.64. The molecule has 5 rings (SSSR count). The Bertz CT molecular complexity index is 1380. The molecule has 0 saturated carbocycles. The van der Waals surface area contributed by atoms with Gasteiger partial charge in [-0.15, -0.1) is 0 Å². The lowest BCUT2D eigenvalue weighted by atomic mass is 9.91. The van der Waals surface area contributed by atoms with Crippen molar-refractivity contribution in [1.82, 2.24) is 9.78 Å². The number of carbonyl (C=O) groups excluding carboxylic acids is 1. The van der Waals surface area contributed by atoms with Crippen LogP contribution in [0, 0.1) is 6.92 Å². The normalized spacial score (nSPS) is 13.8. The van der Waals surface area contributed by atoms with E-state index in [1.807, 2.05) is 55.7 Å². The summed E-state index contributed by atoms with van der Waals surface area (Å²) in [6.07, 6.45) is 1.96. The molecule has 2 heterocycles. The van der Waals surface area contributed by atoms with Crippen LogP contribution >= 0.6 is 11.6 Å². The number of rotatable bonds is 3. The predicted molar refractivity (Wildman–Crippen MR) is 128 cm³/mol. The Morgan fingerprint density at radius 1 is 0.906 bits per heavy atom.